The van der Waals surface area contributed by atoms with Gasteiger partial charge in [0.15, 0.2) is 0 Å². The van der Waals surface area contributed by atoms with Crippen LogP contribution < -0.4 is 5.32 Å². The Bertz CT molecular complexity index is 724. The molecule has 0 saturated carbocycles. The predicted molar refractivity (Wildman–Crippen MR) is 89.7 cm³/mol. The third-order valence-corrected chi connectivity index (χ3v) is 5.07. The molecule has 2 aromatic rings. The lowest BCUT2D eigenvalue weighted by molar-refractivity contribution is -0.0461. The Balaban J connectivity index is 1.42. The third kappa shape index (κ3) is 2.75. The van der Waals surface area contributed by atoms with Crippen molar-refractivity contribution < 1.29 is 9.53 Å². The van der Waals surface area contributed by atoms with Crippen molar-refractivity contribution in [3.63, 3.8) is 0 Å². The van der Waals surface area contributed by atoms with Crippen molar-refractivity contribution in [2.75, 3.05) is 26.2 Å². The molecule has 0 radical (unpaired) electrons. The fourth-order valence-corrected chi connectivity index (χ4v) is 3.87. The highest BCUT2D eigenvalue weighted by Gasteiger charge is 2.32. The molecule has 4 rings (SSSR count). The highest BCUT2D eigenvalue weighted by Crippen LogP contribution is 2.23. The molecule has 2 saturated heterocycles. The van der Waals surface area contributed by atoms with E-state index in [1.807, 2.05) is 31.2 Å². The molecule has 2 atom stereocenters. The van der Waals surface area contributed by atoms with Gasteiger partial charge < -0.3 is 15.0 Å². The minimum atomic E-state index is -0.0212. The first-order chi connectivity index (χ1) is 11.2. The van der Waals surface area contributed by atoms with E-state index in [9.17, 15) is 4.79 Å². The number of hydrogen-bond donors (Lipinski definition) is 2. The quantitative estimate of drug-likeness (QED) is 0.912. The van der Waals surface area contributed by atoms with E-state index in [0.29, 0.717) is 12.6 Å². The number of H-pyrrole nitrogens is 1. The van der Waals surface area contributed by atoms with Crippen LogP contribution in [0.25, 0.3) is 10.9 Å². The molecule has 2 fully saturated rings. The topological polar surface area (TPSA) is 57.4 Å². The molecule has 0 aliphatic carbocycles. The molecule has 0 spiro atoms. The number of aryl methyl sites for hydroxylation is 1. The van der Waals surface area contributed by atoms with Gasteiger partial charge in [0.25, 0.3) is 5.91 Å². The standard InChI is InChI=1S/C18H23N3O2/c1-12-17(15-6-2-3-7-16(15)20-12)18(22)19-9-14-10-21-8-4-5-13(21)11-23-14/h2-3,6-7,13-14,20H,4-5,8-11H2,1H3,(H,19,22). The number of amides is 1. The first-order valence-electron chi connectivity index (χ1n) is 8.43. The van der Waals surface area contributed by atoms with Crippen molar-refractivity contribution in [3.05, 3.63) is 35.5 Å². The van der Waals surface area contributed by atoms with Gasteiger partial charge in [0, 0.05) is 35.7 Å². The maximum atomic E-state index is 12.6. The van der Waals surface area contributed by atoms with Crippen molar-refractivity contribution >= 4 is 16.8 Å². The van der Waals surface area contributed by atoms with Gasteiger partial charge in [-0.1, -0.05) is 18.2 Å². The highest BCUT2D eigenvalue weighted by atomic mass is 16.5. The van der Waals surface area contributed by atoms with Crippen LogP contribution in [0.5, 0.6) is 0 Å². The molecule has 2 aliphatic heterocycles. The summed E-state index contributed by atoms with van der Waals surface area (Å²) in [5, 5.41) is 4.04. The van der Waals surface area contributed by atoms with E-state index in [0.717, 1.165) is 35.3 Å². The van der Waals surface area contributed by atoms with Gasteiger partial charge in [-0.2, -0.15) is 0 Å². The largest absolute Gasteiger partial charge is 0.373 e. The Morgan fingerprint density at radius 3 is 3.22 bits per heavy atom. The van der Waals surface area contributed by atoms with E-state index < -0.39 is 0 Å². The minimum absolute atomic E-state index is 0.0212. The minimum Gasteiger partial charge on any atom is -0.373 e. The Morgan fingerprint density at radius 1 is 1.43 bits per heavy atom. The zero-order valence-electron chi connectivity index (χ0n) is 13.5. The molecule has 1 aromatic carbocycles. The second kappa shape index (κ2) is 5.98. The molecular weight excluding hydrogens is 290 g/mol. The van der Waals surface area contributed by atoms with Gasteiger partial charge in [-0.15, -0.1) is 0 Å². The molecule has 1 amide bonds. The molecule has 1 aromatic heterocycles. The van der Waals surface area contributed by atoms with Gasteiger partial charge in [-0.3, -0.25) is 9.69 Å². The van der Waals surface area contributed by atoms with E-state index in [-0.39, 0.29) is 12.0 Å². The van der Waals surface area contributed by atoms with Crippen LogP contribution in [-0.2, 0) is 4.74 Å². The van der Waals surface area contributed by atoms with Gasteiger partial charge in [0.05, 0.1) is 18.3 Å². The number of para-hydroxylation sites is 1. The molecule has 23 heavy (non-hydrogen) atoms. The summed E-state index contributed by atoms with van der Waals surface area (Å²) in [6.45, 7) is 5.41. The maximum Gasteiger partial charge on any atom is 0.253 e. The third-order valence-electron chi connectivity index (χ3n) is 5.07. The molecule has 5 heteroatoms. The fraction of sp³-hybridized carbons (Fsp3) is 0.500. The monoisotopic (exact) mass is 313 g/mol. The van der Waals surface area contributed by atoms with E-state index in [4.69, 9.17) is 4.74 Å². The highest BCUT2D eigenvalue weighted by molar-refractivity contribution is 6.08. The normalized spacial score (nSPS) is 24.7. The van der Waals surface area contributed by atoms with Crippen molar-refractivity contribution in [1.29, 1.82) is 0 Å². The Morgan fingerprint density at radius 2 is 2.30 bits per heavy atom. The van der Waals surface area contributed by atoms with E-state index in [2.05, 4.69) is 15.2 Å². The Labute approximate surface area is 136 Å². The smallest absolute Gasteiger partial charge is 0.253 e. The summed E-state index contributed by atoms with van der Waals surface area (Å²) < 4.78 is 5.91. The second-order valence-corrected chi connectivity index (χ2v) is 6.63. The second-order valence-electron chi connectivity index (χ2n) is 6.63. The lowest BCUT2D eigenvalue weighted by Gasteiger charge is -2.35. The number of hydrogen-bond acceptors (Lipinski definition) is 3. The summed E-state index contributed by atoms with van der Waals surface area (Å²) >= 11 is 0. The lowest BCUT2D eigenvalue weighted by atomic mass is 10.1. The number of aromatic nitrogens is 1. The summed E-state index contributed by atoms with van der Waals surface area (Å²) in [5.41, 5.74) is 2.66. The molecule has 122 valence electrons. The molecule has 3 heterocycles. The summed E-state index contributed by atoms with van der Waals surface area (Å²) in [6, 6.07) is 8.51. The van der Waals surface area contributed by atoms with Crippen molar-refractivity contribution in [1.82, 2.24) is 15.2 Å². The fourth-order valence-electron chi connectivity index (χ4n) is 3.87. The number of nitrogens with one attached hydrogen (secondary N) is 2. The van der Waals surface area contributed by atoms with Gasteiger partial charge in [-0.05, 0) is 32.4 Å². The first kappa shape index (κ1) is 14.7. The summed E-state index contributed by atoms with van der Waals surface area (Å²) in [7, 11) is 0. The Kier molecular flexibility index (Phi) is 3.83. The average molecular weight is 313 g/mol. The number of nitrogens with zero attached hydrogens (tertiary/aromatic N) is 1. The molecule has 2 unspecified atom stereocenters. The number of carbonyl (C=O) groups excluding carboxylic acids is 1. The number of aromatic amines is 1. The van der Waals surface area contributed by atoms with Crippen LogP contribution in [0.1, 0.15) is 28.9 Å². The van der Waals surface area contributed by atoms with Crippen molar-refractivity contribution in [2.45, 2.75) is 31.9 Å². The molecule has 2 N–H and O–H groups in total. The van der Waals surface area contributed by atoms with Crippen LogP contribution in [0, 0.1) is 6.92 Å². The van der Waals surface area contributed by atoms with Crippen LogP contribution in [0.2, 0.25) is 0 Å². The number of morpholine rings is 1. The van der Waals surface area contributed by atoms with Crippen LogP contribution in [0.3, 0.4) is 0 Å². The molecule has 0 bridgehead atoms. The van der Waals surface area contributed by atoms with Gasteiger partial charge >= 0.3 is 0 Å². The summed E-state index contributed by atoms with van der Waals surface area (Å²) in [5.74, 6) is -0.0212. The number of rotatable bonds is 3. The number of carbonyl (C=O) groups is 1. The van der Waals surface area contributed by atoms with Crippen molar-refractivity contribution in [2.24, 2.45) is 0 Å². The van der Waals surface area contributed by atoms with Crippen molar-refractivity contribution in [3.8, 4) is 0 Å². The maximum absolute atomic E-state index is 12.6. The molecule has 5 nitrogen and oxygen atoms in total. The van der Waals surface area contributed by atoms with Gasteiger partial charge in [0.2, 0.25) is 0 Å². The van der Waals surface area contributed by atoms with Crippen LogP contribution in [0.15, 0.2) is 24.3 Å². The van der Waals surface area contributed by atoms with Crippen LogP contribution in [0.4, 0.5) is 0 Å². The molecule has 2 aliphatic rings. The predicted octanol–water partition coefficient (Wildman–Crippen LogP) is 2.07. The van der Waals surface area contributed by atoms with E-state index >= 15 is 0 Å². The lowest BCUT2D eigenvalue weighted by Crippen LogP contribution is -2.50. The summed E-state index contributed by atoms with van der Waals surface area (Å²) in [4.78, 5) is 18.4. The van der Waals surface area contributed by atoms with Gasteiger partial charge in [0.1, 0.15) is 0 Å². The van der Waals surface area contributed by atoms with E-state index in [1.54, 1.807) is 0 Å². The Hall–Kier alpha value is -1.85. The zero-order valence-corrected chi connectivity index (χ0v) is 13.5. The summed E-state index contributed by atoms with van der Waals surface area (Å²) in [6.07, 6.45) is 2.61. The molecular formula is C18H23N3O2. The zero-order chi connectivity index (χ0) is 15.8. The number of fused-ring (bicyclic) bond motifs is 2. The number of ether oxygens (including phenoxy) is 1. The average Bonchev–Trinajstić information content (AvgIpc) is 3.15. The van der Waals surface area contributed by atoms with Crippen LogP contribution >= 0.6 is 0 Å². The van der Waals surface area contributed by atoms with E-state index in [1.165, 1.54) is 19.4 Å². The number of benzene rings is 1. The van der Waals surface area contributed by atoms with Gasteiger partial charge in [-0.25, -0.2) is 0 Å². The SMILES string of the molecule is Cc1[nH]c2ccccc2c1C(=O)NCC1CN2CCCC2CO1. The first-order valence-corrected chi connectivity index (χ1v) is 8.43. The van der Waals surface area contributed by atoms with Crippen LogP contribution in [-0.4, -0.2) is 54.2 Å².